The molecule has 108 valence electrons. The van der Waals surface area contributed by atoms with Gasteiger partial charge in [0.15, 0.2) is 0 Å². The van der Waals surface area contributed by atoms with Crippen LogP contribution in [0.25, 0.3) is 0 Å². The zero-order valence-electron chi connectivity index (χ0n) is 12.2. The third-order valence-corrected chi connectivity index (χ3v) is 4.45. The van der Waals surface area contributed by atoms with Gasteiger partial charge >= 0.3 is 0 Å². The first kappa shape index (κ1) is 16.0. The monoisotopic (exact) mass is 285 g/mol. The summed E-state index contributed by atoms with van der Waals surface area (Å²) in [6, 6.07) is 1.30. The Hall–Kier alpha value is -1.01. The standard InChI is InChI=1S/C13H23N3O2S/c1-8(2)10-6-9(16-18-10)7-15-12(17)11(14)13(3,4)19-5/h6,8,11H,7,14H2,1-5H3,(H,15,17)/t11-/m1/s1. The van der Waals surface area contributed by atoms with Crippen molar-refractivity contribution in [1.82, 2.24) is 10.5 Å². The number of nitrogens with zero attached hydrogens (tertiary/aromatic N) is 1. The molecule has 1 heterocycles. The highest BCUT2D eigenvalue weighted by atomic mass is 32.2. The smallest absolute Gasteiger partial charge is 0.238 e. The van der Waals surface area contributed by atoms with Gasteiger partial charge in [-0.1, -0.05) is 19.0 Å². The summed E-state index contributed by atoms with van der Waals surface area (Å²) in [5.74, 6) is 0.932. The van der Waals surface area contributed by atoms with Gasteiger partial charge in [-0.25, -0.2) is 0 Å². The molecule has 0 saturated carbocycles. The second-order valence-electron chi connectivity index (χ2n) is 5.38. The number of carbonyl (C=O) groups is 1. The lowest BCUT2D eigenvalue weighted by atomic mass is 10.0. The highest BCUT2D eigenvalue weighted by Gasteiger charge is 2.31. The molecule has 0 radical (unpaired) electrons. The molecule has 0 aliphatic rings. The van der Waals surface area contributed by atoms with E-state index in [0.717, 1.165) is 5.76 Å². The molecule has 5 nitrogen and oxygen atoms in total. The predicted octanol–water partition coefficient (Wildman–Crippen LogP) is 1.88. The minimum absolute atomic E-state index is 0.173. The maximum atomic E-state index is 12.0. The largest absolute Gasteiger partial charge is 0.361 e. The van der Waals surface area contributed by atoms with Gasteiger partial charge in [0.05, 0.1) is 12.6 Å². The summed E-state index contributed by atoms with van der Waals surface area (Å²) < 4.78 is 4.88. The van der Waals surface area contributed by atoms with Crippen LogP contribution in [0.5, 0.6) is 0 Å². The van der Waals surface area contributed by atoms with Crippen LogP contribution in [0.1, 0.15) is 45.1 Å². The van der Waals surface area contributed by atoms with Crippen LogP contribution in [0.3, 0.4) is 0 Å². The fourth-order valence-corrected chi connectivity index (χ4v) is 1.77. The lowest BCUT2D eigenvalue weighted by molar-refractivity contribution is -0.123. The van der Waals surface area contributed by atoms with Crippen molar-refractivity contribution in [1.29, 1.82) is 0 Å². The van der Waals surface area contributed by atoms with Crippen LogP contribution in [0, 0.1) is 0 Å². The predicted molar refractivity (Wildman–Crippen MR) is 78.0 cm³/mol. The van der Waals surface area contributed by atoms with Crippen LogP contribution in [0.2, 0.25) is 0 Å². The molecule has 0 bridgehead atoms. The van der Waals surface area contributed by atoms with Crippen molar-refractivity contribution in [3.8, 4) is 0 Å². The van der Waals surface area contributed by atoms with Crippen molar-refractivity contribution in [3.05, 3.63) is 17.5 Å². The third-order valence-electron chi connectivity index (χ3n) is 3.15. The first-order valence-corrected chi connectivity index (χ1v) is 7.54. The van der Waals surface area contributed by atoms with Crippen molar-refractivity contribution in [3.63, 3.8) is 0 Å². The van der Waals surface area contributed by atoms with Crippen LogP contribution in [-0.4, -0.2) is 28.1 Å². The highest BCUT2D eigenvalue weighted by Crippen LogP contribution is 2.24. The van der Waals surface area contributed by atoms with E-state index in [-0.39, 0.29) is 16.6 Å². The summed E-state index contributed by atoms with van der Waals surface area (Å²) in [5.41, 5.74) is 6.66. The van der Waals surface area contributed by atoms with Gasteiger partial charge in [-0.15, -0.1) is 0 Å². The number of aromatic nitrogens is 1. The molecule has 0 aromatic carbocycles. The molecule has 0 aliphatic heterocycles. The van der Waals surface area contributed by atoms with E-state index >= 15 is 0 Å². The SMILES string of the molecule is CSC(C)(C)[C@H](N)C(=O)NCc1cc(C(C)C)on1. The number of thioether (sulfide) groups is 1. The van der Waals surface area contributed by atoms with Crippen molar-refractivity contribution in [2.24, 2.45) is 5.73 Å². The van der Waals surface area contributed by atoms with Crippen LogP contribution < -0.4 is 11.1 Å². The Bertz CT molecular complexity index is 429. The van der Waals surface area contributed by atoms with Gasteiger partial charge in [0, 0.05) is 16.7 Å². The molecule has 3 N–H and O–H groups in total. The first-order valence-electron chi connectivity index (χ1n) is 6.32. The van der Waals surface area contributed by atoms with E-state index in [9.17, 15) is 4.79 Å². The number of amides is 1. The number of nitrogens with one attached hydrogen (secondary N) is 1. The van der Waals surface area contributed by atoms with Crippen LogP contribution in [0.4, 0.5) is 0 Å². The average molecular weight is 285 g/mol. The Labute approximate surface area is 118 Å². The minimum atomic E-state index is -0.557. The zero-order chi connectivity index (χ0) is 14.6. The van der Waals surface area contributed by atoms with E-state index < -0.39 is 6.04 Å². The quantitative estimate of drug-likeness (QED) is 0.834. The number of hydrogen-bond donors (Lipinski definition) is 2. The van der Waals surface area contributed by atoms with E-state index in [1.54, 1.807) is 11.8 Å². The molecule has 1 rings (SSSR count). The number of carbonyl (C=O) groups excluding carboxylic acids is 1. The maximum absolute atomic E-state index is 12.0. The molecule has 0 spiro atoms. The van der Waals surface area contributed by atoms with Crippen LogP contribution in [-0.2, 0) is 11.3 Å². The van der Waals surface area contributed by atoms with Gasteiger partial charge in [0.1, 0.15) is 11.5 Å². The van der Waals surface area contributed by atoms with E-state index in [4.69, 9.17) is 10.3 Å². The molecule has 0 aliphatic carbocycles. The topological polar surface area (TPSA) is 81.2 Å². The third kappa shape index (κ3) is 4.24. The van der Waals surface area contributed by atoms with Crippen molar-refractivity contribution in [2.75, 3.05) is 6.26 Å². The normalized spacial score (nSPS) is 13.6. The Kier molecular flexibility index (Phi) is 5.43. The Morgan fingerprint density at radius 2 is 2.21 bits per heavy atom. The van der Waals surface area contributed by atoms with E-state index in [1.165, 1.54) is 0 Å². The summed E-state index contributed by atoms with van der Waals surface area (Å²) in [6.07, 6.45) is 1.94. The van der Waals surface area contributed by atoms with E-state index in [2.05, 4.69) is 10.5 Å². The Balaban J connectivity index is 2.54. The van der Waals surface area contributed by atoms with Gasteiger partial charge in [0.25, 0.3) is 0 Å². The molecule has 6 heteroatoms. The van der Waals surface area contributed by atoms with Crippen LogP contribution in [0.15, 0.2) is 10.6 Å². The minimum Gasteiger partial charge on any atom is -0.361 e. The molecule has 1 aromatic heterocycles. The van der Waals surface area contributed by atoms with Gasteiger partial charge in [0.2, 0.25) is 5.91 Å². The molecule has 1 amide bonds. The van der Waals surface area contributed by atoms with Gasteiger partial charge in [-0.3, -0.25) is 4.79 Å². The van der Waals surface area contributed by atoms with Gasteiger partial charge < -0.3 is 15.6 Å². The molecular formula is C13H23N3O2S. The fourth-order valence-electron chi connectivity index (χ4n) is 1.41. The lowest BCUT2D eigenvalue weighted by Crippen LogP contribution is -2.51. The number of hydrogen-bond acceptors (Lipinski definition) is 5. The maximum Gasteiger partial charge on any atom is 0.238 e. The average Bonchev–Trinajstić information content (AvgIpc) is 2.83. The molecule has 1 aromatic rings. The molecule has 0 fully saturated rings. The summed E-state index contributed by atoms with van der Waals surface area (Å²) >= 11 is 1.57. The van der Waals surface area contributed by atoms with Crippen molar-refractivity contribution < 1.29 is 9.32 Å². The van der Waals surface area contributed by atoms with Crippen molar-refractivity contribution in [2.45, 2.75) is 50.9 Å². The van der Waals surface area contributed by atoms with Crippen molar-refractivity contribution >= 4 is 17.7 Å². The molecule has 19 heavy (non-hydrogen) atoms. The number of rotatable bonds is 6. The molecular weight excluding hydrogens is 262 g/mol. The summed E-state index contributed by atoms with van der Waals surface area (Å²) in [7, 11) is 0. The molecule has 0 saturated heterocycles. The van der Waals surface area contributed by atoms with Crippen LogP contribution >= 0.6 is 11.8 Å². The summed E-state index contributed by atoms with van der Waals surface area (Å²) in [5, 5.41) is 6.71. The lowest BCUT2D eigenvalue weighted by Gasteiger charge is -2.28. The van der Waals surface area contributed by atoms with Gasteiger partial charge in [-0.2, -0.15) is 11.8 Å². The molecule has 0 unspecified atom stereocenters. The second-order valence-corrected chi connectivity index (χ2v) is 6.84. The summed E-state index contributed by atoms with van der Waals surface area (Å²) in [4.78, 5) is 12.0. The number of nitrogens with two attached hydrogens (primary N) is 1. The van der Waals surface area contributed by atoms with Gasteiger partial charge in [-0.05, 0) is 20.1 Å². The fraction of sp³-hybridized carbons (Fsp3) is 0.692. The van der Waals surface area contributed by atoms with E-state index in [1.807, 2.05) is 40.0 Å². The zero-order valence-corrected chi connectivity index (χ0v) is 13.0. The highest BCUT2D eigenvalue weighted by molar-refractivity contribution is 8.00. The Morgan fingerprint density at radius 1 is 1.58 bits per heavy atom. The Morgan fingerprint density at radius 3 is 2.68 bits per heavy atom. The molecule has 1 atom stereocenters. The summed E-state index contributed by atoms with van der Waals surface area (Å²) in [6.45, 7) is 8.30. The second kappa shape index (κ2) is 6.43. The van der Waals surface area contributed by atoms with E-state index in [0.29, 0.717) is 12.2 Å². The first-order chi connectivity index (χ1) is 8.77.